The number of aliphatic hydroxyl groups excluding tert-OH is 1. The van der Waals surface area contributed by atoms with Gasteiger partial charge < -0.3 is 10.4 Å². The summed E-state index contributed by atoms with van der Waals surface area (Å²) in [6.07, 6.45) is 7.68. The average molecular weight is 376 g/mol. The van der Waals surface area contributed by atoms with E-state index >= 15 is 0 Å². The van der Waals surface area contributed by atoms with Gasteiger partial charge in [-0.25, -0.2) is 4.98 Å². The van der Waals surface area contributed by atoms with Gasteiger partial charge in [0.2, 0.25) is 5.95 Å². The molecule has 142 valence electrons. The number of nitrogens with zero attached hydrogens (tertiary/aromatic N) is 7. The monoisotopic (exact) mass is 376 g/mol. The minimum atomic E-state index is -0.244. The molecule has 9 nitrogen and oxygen atoms in total. The van der Waals surface area contributed by atoms with E-state index < -0.39 is 0 Å². The molecule has 0 saturated heterocycles. The molecule has 0 amide bonds. The van der Waals surface area contributed by atoms with Crippen LogP contribution in [0, 0.1) is 0 Å². The molecule has 0 bridgehead atoms. The van der Waals surface area contributed by atoms with Gasteiger partial charge >= 0.3 is 0 Å². The molecule has 2 N–H and O–H groups in total. The first-order chi connectivity index (χ1) is 13.7. The highest BCUT2D eigenvalue weighted by Gasteiger charge is 2.23. The Morgan fingerprint density at radius 2 is 1.96 bits per heavy atom. The van der Waals surface area contributed by atoms with E-state index in [1.165, 1.54) is 0 Å². The van der Waals surface area contributed by atoms with Crippen LogP contribution in [-0.2, 0) is 7.05 Å². The van der Waals surface area contributed by atoms with E-state index in [1.807, 2.05) is 43.7 Å². The molecule has 0 radical (unpaired) electrons. The molecule has 1 saturated carbocycles. The molecule has 5 rings (SSSR count). The maximum Gasteiger partial charge on any atom is 0.225 e. The number of rotatable bonds is 4. The number of aromatic nitrogens is 7. The molecule has 0 aliphatic heterocycles. The van der Waals surface area contributed by atoms with Crippen LogP contribution in [0.4, 0.5) is 5.95 Å². The highest BCUT2D eigenvalue weighted by molar-refractivity contribution is 5.72. The number of aryl methyl sites for hydroxylation is 1. The molecule has 9 heteroatoms. The topological polar surface area (TPSA) is 107 Å². The van der Waals surface area contributed by atoms with E-state index in [1.54, 1.807) is 15.6 Å². The zero-order chi connectivity index (χ0) is 19.1. The van der Waals surface area contributed by atoms with Gasteiger partial charge in [-0.2, -0.15) is 14.8 Å². The lowest BCUT2D eigenvalue weighted by atomic mass is 10.1. The van der Waals surface area contributed by atoms with Gasteiger partial charge in [0.1, 0.15) is 0 Å². The Balaban J connectivity index is 1.44. The van der Waals surface area contributed by atoms with Crippen LogP contribution in [0.15, 0.2) is 42.9 Å². The number of hydrogen-bond donors (Lipinski definition) is 2. The van der Waals surface area contributed by atoms with Crippen molar-refractivity contribution >= 4 is 17.1 Å². The van der Waals surface area contributed by atoms with Gasteiger partial charge in [-0.15, -0.1) is 5.10 Å². The fraction of sp³-hybridized carbons (Fsp3) is 0.316. The third-order valence-electron chi connectivity index (χ3n) is 5.08. The molecule has 3 aromatic heterocycles. The summed E-state index contributed by atoms with van der Waals surface area (Å²) in [6.45, 7) is 0. The van der Waals surface area contributed by atoms with Gasteiger partial charge in [-0.05, 0) is 37.0 Å². The number of benzene rings is 1. The molecule has 3 heterocycles. The SMILES string of the molecule is Cn1cc(-c2ccc(-n3nnc4cnc(N[C@H]5CC[C@H](O)C5)nc43)cc2)cn1. The molecule has 2 atom stereocenters. The summed E-state index contributed by atoms with van der Waals surface area (Å²) in [5.41, 5.74) is 4.29. The molecule has 28 heavy (non-hydrogen) atoms. The standard InChI is InChI=1S/C19H20N8O/c1-26-11-13(9-21-26)12-2-5-15(6-3-12)27-18-17(24-25-27)10-20-19(23-18)22-14-4-7-16(28)8-14/h2-3,5-6,9-11,14,16,28H,4,7-8H2,1H3,(H,20,22,23)/t14-,16-/m0/s1. The Bertz CT molecular complexity index is 1120. The first-order valence-corrected chi connectivity index (χ1v) is 9.28. The fourth-order valence-electron chi connectivity index (χ4n) is 3.61. The van der Waals surface area contributed by atoms with Crippen LogP contribution < -0.4 is 5.32 Å². The predicted molar refractivity (Wildman–Crippen MR) is 104 cm³/mol. The quantitative estimate of drug-likeness (QED) is 0.560. The van der Waals surface area contributed by atoms with Gasteiger partial charge in [0.05, 0.1) is 24.2 Å². The Hall–Kier alpha value is -3.33. The van der Waals surface area contributed by atoms with E-state index in [9.17, 15) is 5.11 Å². The molecule has 1 aliphatic rings. The average Bonchev–Trinajstić information content (AvgIpc) is 3.42. The molecule has 0 unspecified atom stereocenters. The van der Waals surface area contributed by atoms with Gasteiger partial charge in [0.15, 0.2) is 11.2 Å². The van der Waals surface area contributed by atoms with E-state index in [2.05, 4.69) is 30.7 Å². The van der Waals surface area contributed by atoms with Gasteiger partial charge in [0, 0.05) is 24.8 Å². The Morgan fingerprint density at radius 3 is 2.68 bits per heavy atom. The molecule has 4 aromatic rings. The predicted octanol–water partition coefficient (Wildman–Crippen LogP) is 1.94. The van der Waals surface area contributed by atoms with Crippen molar-refractivity contribution in [1.82, 2.24) is 34.7 Å². The minimum absolute atomic E-state index is 0.190. The maximum atomic E-state index is 9.70. The second-order valence-corrected chi connectivity index (χ2v) is 7.16. The zero-order valence-corrected chi connectivity index (χ0v) is 15.4. The number of nitrogens with one attached hydrogen (secondary N) is 1. The normalized spacial score (nSPS) is 19.4. The fourth-order valence-corrected chi connectivity index (χ4v) is 3.61. The lowest BCUT2D eigenvalue weighted by molar-refractivity contribution is 0.182. The zero-order valence-electron chi connectivity index (χ0n) is 15.4. The summed E-state index contributed by atoms with van der Waals surface area (Å²) in [4.78, 5) is 8.93. The number of hydrogen-bond acceptors (Lipinski definition) is 7. The smallest absolute Gasteiger partial charge is 0.225 e. The number of fused-ring (bicyclic) bond motifs is 1. The van der Waals surface area contributed by atoms with Gasteiger partial charge in [-0.1, -0.05) is 17.3 Å². The minimum Gasteiger partial charge on any atom is -0.393 e. The van der Waals surface area contributed by atoms with Crippen LogP contribution in [0.5, 0.6) is 0 Å². The van der Waals surface area contributed by atoms with E-state index in [4.69, 9.17) is 0 Å². The largest absolute Gasteiger partial charge is 0.393 e. The third kappa shape index (κ3) is 3.09. The summed E-state index contributed by atoms with van der Waals surface area (Å²) < 4.78 is 3.49. The molecule has 1 aliphatic carbocycles. The Morgan fingerprint density at radius 1 is 1.11 bits per heavy atom. The molecule has 1 fully saturated rings. The summed E-state index contributed by atoms with van der Waals surface area (Å²) in [7, 11) is 1.90. The lowest BCUT2D eigenvalue weighted by Crippen LogP contribution is -2.18. The van der Waals surface area contributed by atoms with Crippen LogP contribution in [0.1, 0.15) is 19.3 Å². The highest BCUT2D eigenvalue weighted by atomic mass is 16.3. The number of aliphatic hydroxyl groups is 1. The summed E-state index contributed by atoms with van der Waals surface area (Å²) in [5.74, 6) is 0.530. The summed E-state index contributed by atoms with van der Waals surface area (Å²) >= 11 is 0. The van der Waals surface area contributed by atoms with Crippen molar-refractivity contribution in [2.24, 2.45) is 7.05 Å². The second-order valence-electron chi connectivity index (χ2n) is 7.16. The van der Waals surface area contributed by atoms with Gasteiger partial charge in [0.25, 0.3) is 0 Å². The molecular weight excluding hydrogens is 356 g/mol. The Kier molecular flexibility index (Phi) is 4.01. The van der Waals surface area contributed by atoms with Crippen LogP contribution in [0.2, 0.25) is 0 Å². The van der Waals surface area contributed by atoms with E-state index in [-0.39, 0.29) is 12.1 Å². The third-order valence-corrected chi connectivity index (χ3v) is 5.08. The van der Waals surface area contributed by atoms with Crippen molar-refractivity contribution in [1.29, 1.82) is 0 Å². The summed E-state index contributed by atoms with van der Waals surface area (Å²) in [5, 5.41) is 25.6. The van der Waals surface area contributed by atoms with Crippen LogP contribution in [0.25, 0.3) is 28.0 Å². The van der Waals surface area contributed by atoms with Crippen molar-refractivity contribution in [2.45, 2.75) is 31.4 Å². The number of anilines is 1. The first-order valence-electron chi connectivity index (χ1n) is 9.28. The van der Waals surface area contributed by atoms with Crippen LogP contribution in [0.3, 0.4) is 0 Å². The molecule has 1 aromatic carbocycles. The van der Waals surface area contributed by atoms with Crippen LogP contribution in [-0.4, -0.2) is 52.0 Å². The van der Waals surface area contributed by atoms with Gasteiger partial charge in [-0.3, -0.25) is 4.68 Å². The van der Waals surface area contributed by atoms with Crippen molar-refractivity contribution < 1.29 is 5.11 Å². The van der Waals surface area contributed by atoms with Crippen molar-refractivity contribution in [2.75, 3.05) is 5.32 Å². The van der Waals surface area contributed by atoms with Crippen molar-refractivity contribution in [3.05, 3.63) is 42.9 Å². The highest BCUT2D eigenvalue weighted by Crippen LogP contribution is 2.24. The van der Waals surface area contributed by atoms with Crippen molar-refractivity contribution in [3.8, 4) is 16.8 Å². The second kappa shape index (κ2) is 6.68. The lowest BCUT2D eigenvalue weighted by Gasteiger charge is -2.11. The molecule has 0 spiro atoms. The molecular formula is C19H20N8O. The van der Waals surface area contributed by atoms with E-state index in [0.717, 1.165) is 29.7 Å². The van der Waals surface area contributed by atoms with E-state index in [0.29, 0.717) is 23.5 Å². The van der Waals surface area contributed by atoms with Crippen molar-refractivity contribution in [3.63, 3.8) is 0 Å². The maximum absolute atomic E-state index is 9.70. The summed E-state index contributed by atoms with van der Waals surface area (Å²) in [6, 6.07) is 8.22. The Labute approximate surface area is 161 Å². The van der Waals surface area contributed by atoms with Crippen LogP contribution >= 0.6 is 0 Å². The first kappa shape index (κ1) is 16.8.